The van der Waals surface area contributed by atoms with Gasteiger partial charge in [-0.3, -0.25) is 4.57 Å². The quantitative estimate of drug-likeness (QED) is 0.750. The predicted molar refractivity (Wildman–Crippen MR) is 90.5 cm³/mol. The Labute approximate surface area is 139 Å². The van der Waals surface area contributed by atoms with Gasteiger partial charge in [0.1, 0.15) is 11.4 Å². The minimum Gasteiger partial charge on any atom is -0.496 e. The van der Waals surface area contributed by atoms with Crippen LogP contribution in [0, 0.1) is 6.92 Å². The van der Waals surface area contributed by atoms with E-state index in [4.69, 9.17) is 9.47 Å². The smallest absolute Gasteiger partial charge is 0.419 e. The lowest BCUT2D eigenvalue weighted by molar-refractivity contribution is 0.0540. The molecular weight excluding hydrogens is 346 g/mol. The Morgan fingerprint density at radius 3 is 2.50 bits per heavy atom. The van der Waals surface area contributed by atoms with Gasteiger partial charge in [-0.25, -0.2) is 4.79 Å². The van der Waals surface area contributed by atoms with Crippen molar-refractivity contribution < 1.29 is 14.3 Å². The number of aryl methyl sites for hydroxylation is 1. The molecule has 0 fully saturated rings. The first-order valence-electron chi connectivity index (χ1n) is 6.97. The summed E-state index contributed by atoms with van der Waals surface area (Å²) in [7, 11) is 1.62. The number of hydrogen-bond acceptors (Lipinski definition) is 3. The fraction of sp³-hybridized carbons (Fsp3) is 0.353. The van der Waals surface area contributed by atoms with Crippen molar-refractivity contribution in [2.45, 2.75) is 33.3 Å². The fourth-order valence-electron chi connectivity index (χ4n) is 2.12. The van der Waals surface area contributed by atoms with Gasteiger partial charge in [-0.15, -0.1) is 0 Å². The standard InChI is InChI=1S/C17H20BrNO3/c1-11-6-7-15(21-5)13(8-11)14-9-12(18)10-19(14)16(20)22-17(2,3)4/h6-10H,1-5H3. The largest absolute Gasteiger partial charge is 0.496 e. The monoisotopic (exact) mass is 365 g/mol. The zero-order valence-electron chi connectivity index (χ0n) is 13.4. The number of benzene rings is 1. The molecule has 4 nitrogen and oxygen atoms in total. The summed E-state index contributed by atoms with van der Waals surface area (Å²) >= 11 is 3.42. The fourth-order valence-corrected chi connectivity index (χ4v) is 2.54. The van der Waals surface area contributed by atoms with Crippen molar-refractivity contribution in [2.75, 3.05) is 7.11 Å². The van der Waals surface area contributed by atoms with Gasteiger partial charge in [0.15, 0.2) is 0 Å². The predicted octanol–water partition coefficient (Wildman–Crippen LogP) is 5.02. The van der Waals surface area contributed by atoms with E-state index in [1.165, 1.54) is 4.57 Å². The molecule has 0 saturated heterocycles. The van der Waals surface area contributed by atoms with Gasteiger partial charge in [-0.05, 0) is 61.8 Å². The molecule has 5 heteroatoms. The Kier molecular flexibility index (Phi) is 4.66. The molecule has 0 aliphatic rings. The molecule has 0 atom stereocenters. The number of hydrogen-bond donors (Lipinski definition) is 0. The van der Waals surface area contributed by atoms with E-state index in [2.05, 4.69) is 15.9 Å². The van der Waals surface area contributed by atoms with Crippen LogP contribution in [0.3, 0.4) is 0 Å². The van der Waals surface area contributed by atoms with Crippen molar-refractivity contribution in [2.24, 2.45) is 0 Å². The molecule has 0 saturated carbocycles. The van der Waals surface area contributed by atoms with Gasteiger partial charge in [-0.2, -0.15) is 0 Å². The summed E-state index contributed by atoms with van der Waals surface area (Å²) in [5.74, 6) is 0.709. The molecule has 1 aromatic carbocycles. The first kappa shape index (κ1) is 16.6. The van der Waals surface area contributed by atoms with E-state index in [9.17, 15) is 4.79 Å². The second-order valence-electron chi connectivity index (χ2n) is 6.10. The van der Waals surface area contributed by atoms with Crippen LogP contribution in [0.4, 0.5) is 4.79 Å². The van der Waals surface area contributed by atoms with Crippen LogP contribution < -0.4 is 4.74 Å². The molecular formula is C17H20BrNO3. The Balaban J connectivity index is 2.54. The third kappa shape index (κ3) is 3.71. The van der Waals surface area contributed by atoms with Crippen LogP contribution in [0.15, 0.2) is 34.9 Å². The average Bonchev–Trinajstić information content (AvgIpc) is 2.79. The molecule has 0 amide bonds. The summed E-state index contributed by atoms with van der Waals surface area (Å²) in [6.07, 6.45) is 1.28. The van der Waals surface area contributed by atoms with Crippen LogP contribution in [0.2, 0.25) is 0 Å². The maximum absolute atomic E-state index is 12.4. The molecule has 0 aliphatic carbocycles. The third-order valence-electron chi connectivity index (χ3n) is 3.01. The molecule has 1 heterocycles. The van der Waals surface area contributed by atoms with Gasteiger partial charge < -0.3 is 9.47 Å². The van der Waals surface area contributed by atoms with E-state index in [1.54, 1.807) is 13.3 Å². The maximum Gasteiger partial charge on any atom is 0.419 e. The van der Waals surface area contributed by atoms with Gasteiger partial charge in [0.05, 0.1) is 12.8 Å². The number of carbonyl (C=O) groups excluding carboxylic acids is 1. The van der Waals surface area contributed by atoms with Gasteiger partial charge in [-0.1, -0.05) is 11.6 Å². The number of nitrogens with zero attached hydrogens (tertiary/aromatic N) is 1. The molecule has 0 radical (unpaired) electrons. The SMILES string of the molecule is COc1ccc(C)cc1-c1cc(Br)cn1C(=O)OC(C)(C)C. The zero-order chi connectivity index (χ0) is 16.5. The first-order valence-corrected chi connectivity index (χ1v) is 7.77. The Morgan fingerprint density at radius 2 is 1.91 bits per heavy atom. The van der Waals surface area contributed by atoms with Crippen LogP contribution in [0.1, 0.15) is 26.3 Å². The summed E-state index contributed by atoms with van der Waals surface area (Å²) in [5.41, 5.74) is 2.10. The van der Waals surface area contributed by atoms with Crippen LogP contribution in [-0.4, -0.2) is 23.4 Å². The lowest BCUT2D eigenvalue weighted by Gasteiger charge is -2.20. The molecule has 118 valence electrons. The molecule has 1 aromatic heterocycles. The summed E-state index contributed by atoms with van der Waals surface area (Å²) < 4.78 is 13.2. The molecule has 22 heavy (non-hydrogen) atoms. The second kappa shape index (κ2) is 6.16. The van der Waals surface area contributed by atoms with E-state index < -0.39 is 11.7 Å². The highest BCUT2D eigenvalue weighted by Crippen LogP contribution is 2.34. The van der Waals surface area contributed by atoms with E-state index in [-0.39, 0.29) is 0 Å². The van der Waals surface area contributed by atoms with Gasteiger partial charge in [0.25, 0.3) is 0 Å². The summed E-state index contributed by atoms with van der Waals surface area (Å²) in [4.78, 5) is 12.4. The number of methoxy groups -OCH3 is 1. The minimum absolute atomic E-state index is 0.420. The molecule has 2 aromatic rings. The molecule has 0 unspecified atom stereocenters. The molecule has 0 N–H and O–H groups in total. The number of carbonyl (C=O) groups is 1. The van der Waals surface area contributed by atoms with E-state index in [0.717, 1.165) is 21.3 Å². The van der Waals surface area contributed by atoms with Crippen LogP contribution in [0.5, 0.6) is 5.75 Å². The molecule has 0 bridgehead atoms. The lowest BCUT2D eigenvalue weighted by Crippen LogP contribution is -2.27. The van der Waals surface area contributed by atoms with Crippen molar-refractivity contribution in [3.8, 4) is 17.0 Å². The maximum atomic E-state index is 12.4. The Bertz CT molecular complexity index is 698. The van der Waals surface area contributed by atoms with E-state index in [0.29, 0.717) is 5.75 Å². The van der Waals surface area contributed by atoms with Crippen molar-refractivity contribution in [3.63, 3.8) is 0 Å². The van der Waals surface area contributed by atoms with Crippen LogP contribution >= 0.6 is 15.9 Å². The lowest BCUT2D eigenvalue weighted by atomic mass is 10.1. The number of rotatable bonds is 2. The Hall–Kier alpha value is -1.75. The summed E-state index contributed by atoms with van der Waals surface area (Å²) in [5, 5.41) is 0. The Morgan fingerprint density at radius 1 is 1.23 bits per heavy atom. The number of ether oxygens (including phenoxy) is 2. The summed E-state index contributed by atoms with van der Waals surface area (Å²) in [6.45, 7) is 7.53. The normalized spacial score (nSPS) is 11.4. The van der Waals surface area contributed by atoms with Crippen LogP contribution in [0.25, 0.3) is 11.3 Å². The minimum atomic E-state index is -0.554. The van der Waals surface area contributed by atoms with Gasteiger partial charge in [0, 0.05) is 16.2 Å². The molecule has 2 rings (SSSR count). The highest BCUT2D eigenvalue weighted by Gasteiger charge is 2.22. The highest BCUT2D eigenvalue weighted by molar-refractivity contribution is 9.10. The van der Waals surface area contributed by atoms with E-state index >= 15 is 0 Å². The number of aromatic nitrogens is 1. The summed E-state index contributed by atoms with van der Waals surface area (Å²) in [6, 6.07) is 7.73. The third-order valence-corrected chi connectivity index (χ3v) is 3.44. The van der Waals surface area contributed by atoms with Crippen LogP contribution in [-0.2, 0) is 4.74 Å². The average molecular weight is 366 g/mol. The van der Waals surface area contributed by atoms with Gasteiger partial charge >= 0.3 is 6.09 Å². The second-order valence-corrected chi connectivity index (χ2v) is 7.01. The van der Waals surface area contributed by atoms with Crippen molar-refractivity contribution in [1.82, 2.24) is 4.57 Å². The first-order chi connectivity index (χ1) is 10.2. The zero-order valence-corrected chi connectivity index (χ0v) is 15.0. The topological polar surface area (TPSA) is 40.5 Å². The molecule has 0 aliphatic heterocycles. The van der Waals surface area contributed by atoms with Crippen molar-refractivity contribution in [3.05, 3.63) is 40.5 Å². The van der Waals surface area contributed by atoms with Gasteiger partial charge in [0.2, 0.25) is 0 Å². The molecule has 0 spiro atoms. The van der Waals surface area contributed by atoms with E-state index in [1.807, 2.05) is 52.0 Å². The van der Waals surface area contributed by atoms with Crippen molar-refractivity contribution in [1.29, 1.82) is 0 Å². The highest BCUT2D eigenvalue weighted by atomic mass is 79.9. The number of halogens is 1. The van der Waals surface area contributed by atoms with Crippen molar-refractivity contribution >= 4 is 22.0 Å².